The zero-order chi connectivity index (χ0) is 12.7. The molecule has 100 valence electrons. The lowest BCUT2D eigenvalue weighted by Gasteiger charge is -2.27. The minimum absolute atomic E-state index is 0.516. The molecule has 0 radical (unpaired) electrons. The third kappa shape index (κ3) is 2.07. The Morgan fingerprint density at radius 3 is 2.79 bits per heavy atom. The Hall–Kier alpha value is -1.96. The fraction of sp³-hybridized carbons (Fsp3) is 0.636. The molecule has 2 aliphatic rings. The molecule has 3 heterocycles. The van der Waals surface area contributed by atoms with Crippen LogP contribution < -0.4 is 10.2 Å². The molecule has 1 saturated carbocycles. The molecular formula is C11H15N7O. The SMILES string of the molecule is C1CN(c2nc(NC3CC3)nc3n[nH]nc23)CCO1. The van der Waals surface area contributed by atoms with Crippen molar-refractivity contribution >= 4 is 22.9 Å². The Bertz CT molecular complexity index is 588. The number of anilines is 2. The van der Waals surface area contributed by atoms with Crippen molar-refractivity contribution in [3.8, 4) is 0 Å². The summed E-state index contributed by atoms with van der Waals surface area (Å²) in [7, 11) is 0. The van der Waals surface area contributed by atoms with Gasteiger partial charge in [-0.3, -0.25) is 0 Å². The van der Waals surface area contributed by atoms with Crippen molar-refractivity contribution in [3.63, 3.8) is 0 Å². The van der Waals surface area contributed by atoms with Gasteiger partial charge in [0.05, 0.1) is 13.2 Å². The summed E-state index contributed by atoms with van der Waals surface area (Å²) in [6.07, 6.45) is 2.38. The monoisotopic (exact) mass is 261 g/mol. The van der Waals surface area contributed by atoms with Gasteiger partial charge in [0.1, 0.15) is 0 Å². The second-order valence-electron chi connectivity index (χ2n) is 4.88. The van der Waals surface area contributed by atoms with E-state index in [4.69, 9.17) is 4.74 Å². The van der Waals surface area contributed by atoms with Crippen molar-refractivity contribution in [2.75, 3.05) is 36.5 Å². The average Bonchev–Trinajstić information content (AvgIpc) is 3.13. The number of ether oxygens (including phenoxy) is 1. The topological polar surface area (TPSA) is 91.9 Å². The van der Waals surface area contributed by atoms with Gasteiger partial charge < -0.3 is 15.0 Å². The molecule has 1 aliphatic heterocycles. The molecule has 4 rings (SSSR count). The predicted molar refractivity (Wildman–Crippen MR) is 69.2 cm³/mol. The number of H-pyrrole nitrogens is 1. The molecule has 2 fully saturated rings. The average molecular weight is 261 g/mol. The molecule has 0 aromatic carbocycles. The summed E-state index contributed by atoms with van der Waals surface area (Å²) in [5.74, 6) is 1.48. The van der Waals surface area contributed by atoms with Crippen LogP contribution in [0.3, 0.4) is 0 Å². The molecule has 19 heavy (non-hydrogen) atoms. The molecule has 0 spiro atoms. The predicted octanol–water partition coefficient (Wildman–Crippen LogP) is 0.159. The lowest BCUT2D eigenvalue weighted by atomic mass is 10.4. The van der Waals surface area contributed by atoms with Gasteiger partial charge in [0.2, 0.25) is 11.6 Å². The van der Waals surface area contributed by atoms with Crippen LogP contribution in [0.25, 0.3) is 11.2 Å². The van der Waals surface area contributed by atoms with E-state index in [2.05, 4.69) is 35.6 Å². The van der Waals surface area contributed by atoms with Crippen LogP contribution in [0, 0.1) is 0 Å². The van der Waals surface area contributed by atoms with Crippen molar-refractivity contribution in [1.82, 2.24) is 25.4 Å². The van der Waals surface area contributed by atoms with Gasteiger partial charge in [0.25, 0.3) is 0 Å². The normalized spacial score (nSPS) is 19.9. The van der Waals surface area contributed by atoms with Crippen molar-refractivity contribution in [2.24, 2.45) is 0 Å². The number of nitrogens with zero attached hydrogens (tertiary/aromatic N) is 5. The van der Waals surface area contributed by atoms with Crippen molar-refractivity contribution in [1.29, 1.82) is 0 Å². The first-order valence-corrected chi connectivity index (χ1v) is 6.58. The number of morpholine rings is 1. The molecule has 2 aromatic rings. The molecule has 0 atom stereocenters. The van der Waals surface area contributed by atoms with Gasteiger partial charge in [-0.1, -0.05) is 0 Å². The highest BCUT2D eigenvalue weighted by Gasteiger charge is 2.24. The lowest BCUT2D eigenvalue weighted by molar-refractivity contribution is 0.122. The quantitative estimate of drug-likeness (QED) is 0.813. The molecule has 1 aliphatic carbocycles. The van der Waals surface area contributed by atoms with Crippen LogP contribution in [-0.4, -0.2) is 57.7 Å². The van der Waals surface area contributed by atoms with E-state index in [1.807, 2.05) is 0 Å². The molecule has 0 bridgehead atoms. The van der Waals surface area contributed by atoms with Crippen LogP contribution in [0.1, 0.15) is 12.8 Å². The summed E-state index contributed by atoms with van der Waals surface area (Å²) in [5.41, 5.74) is 1.34. The summed E-state index contributed by atoms with van der Waals surface area (Å²) in [6, 6.07) is 0.516. The van der Waals surface area contributed by atoms with Crippen LogP contribution >= 0.6 is 0 Å². The minimum Gasteiger partial charge on any atom is -0.378 e. The zero-order valence-corrected chi connectivity index (χ0v) is 10.5. The van der Waals surface area contributed by atoms with Crippen LogP contribution in [0.15, 0.2) is 0 Å². The second kappa shape index (κ2) is 4.30. The lowest BCUT2D eigenvalue weighted by Crippen LogP contribution is -2.37. The Morgan fingerprint density at radius 1 is 1.16 bits per heavy atom. The first-order valence-electron chi connectivity index (χ1n) is 6.58. The van der Waals surface area contributed by atoms with Gasteiger partial charge >= 0.3 is 0 Å². The molecular weight excluding hydrogens is 246 g/mol. The van der Waals surface area contributed by atoms with E-state index in [1.54, 1.807) is 0 Å². The number of aromatic amines is 1. The van der Waals surface area contributed by atoms with Crippen LogP contribution in [0.4, 0.5) is 11.8 Å². The van der Waals surface area contributed by atoms with Crippen LogP contribution in [-0.2, 0) is 4.74 Å². The van der Waals surface area contributed by atoms with Gasteiger partial charge in [-0.05, 0) is 12.8 Å². The summed E-state index contributed by atoms with van der Waals surface area (Å²) >= 11 is 0. The first kappa shape index (κ1) is 10.9. The van der Waals surface area contributed by atoms with E-state index in [-0.39, 0.29) is 0 Å². The largest absolute Gasteiger partial charge is 0.378 e. The molecule has 2 N–H and O–H groups in total. The highest BCUT2D eigenvalue weighted by molar-refractivity contribution is 5.83. The van der Waals surface area contributed by atoms with E-state index in [9.17, 15) is 0 Å². The number of hydrogen-bond acceptors (Lipinski definition) is 7. The fourth-order valence-electron chi connectivity index (χ4n) is 2.20. The van der Waals surface area contributed by atoms with Gasteiger partial charge in [-0.25, -0.2) is 0 Å². The molecule has 1 saturated heterocycles. The number of rotatable bonds is 3. The fourth-order valence-corrected chi connectivity index (χ4v) is 2.20. The Morgan fingerprint density at radius 2 is 2.00 bits per heavy atom. The maximum atomic E-state index is 5.38. The molecule has 8 heteroatoms. The number of aromatic nitrogens is 5. The highest BCUT2D eigenvalue weighted by Crippen LogP contribution is 2.27. The number of nitrogens with one attached hydrogen (secondary N) is 2. The summed E-state index contributed by atoms with van der Waals surface area (Å²) in [5, 5.41) is 14.2. The van der Waals surface area contributed by atoms with Gasteiger partial charge in [-0.15, -0.1) is 5.10 Å². The van der Waals surface area contributed by atoms with Crippen LogP contribution in [0.5, 0.6) is 0 Å². The number of fused-ring (bicyclic) bond motifs is 1. The van der Waals surface area contributed by atoms with Crippen molar-refractivity contribution < 1.29 is 4.74 Å². The third-order valence-corrected chi connectivity index (χ3v) is 3.39. The Balaban J connectivity index is 1.74. The second-order valence-corrected chi connectivity index (χ2v) is 4.88. The third-order valence-electron chi connectivity index (χ3n) is 3.39. The molecule has 0 amide bonds. The highest BCUT2D eigenvalue weighted by atomic mass is 16.5. The van der Waals surface area contributed by atoms with E-state index in [0.29, 0.717) is 30.9 Å². The maximum Gasteiger partial charge on any atom is 0.227 e. The molecule has 0 unspecified atom stereocenters. The smallest absolute Gasteiger partial charge is 0.227 e. The summed E-state index contributed by atoms with van der Waals surface area (Å²) < 4.78 is 5.38. The van der Waals surface area contributed by atoms with Crippen molar-refractivity contribution in [2.45, 2.75) is 18.9 Å². The number of hydrogen-bond donors (Lipinski definition) is 2. The zero-order valence-electron chi connectivity index (χ0n) is 10.5. The Kier molecular flexibility index (Phi) is 2.47. The first-order chi connectivity index (χ1) is 9.40. The van der Waals surface area contributed by atoms with E-state index in [0.717, 1.165) is 24.4 Å². The summed E-state index contributed by atoms with van der Waals surface area (Å²) in [6.45, 7) is 3.08. The van der Waals surface area contributed by atoms with E-state index in [1.165, 1.54) is 12.8 Å². The van der Waals surface area contributed by atoms with Crippen LogP contribution in [0.2, 0.25) is 0 Å². The summed E-state index contributed by atoms with van der Waals surface area (Å²) in [4.78, 5) is 11.2. The minimum atomic E-state index is 0.516. The van der Waals surface area contributed by atoms with Gasteiger partial charge in [0, 0.05) is 19.1 Å². The molecule has 2 aromatic heterocycles. The molecule has 8 nitrogen and oxygen atoms in total. The van der Waals surface area contributed by atoms with E-state index < -0.39 is 0 Å². The van der Waals surface area contributed by atoms with Crippen molar-refractivity contribution in [3.05, 3.63) is 0 Å². The van der Waals surface area contributed by atoms with Gasteiger partial charge in [-0.2, -0.15) is 20.3 Å². The Labute approximate surface area is 109 Å². The standard InChI is InChI=1S/C11H15N7O/c1-2-7(1)12-11-13-9-8(15-17-16-9)10(14-11)18-3-5-19-6-4-18/h7H,1-6H2,(H2,12,13,14,15,16,17). The maximum absolute atomic E-state index is 5.38. The van der Waals surface area contributed by atoms with Gasteiger partial charge in [0.15, 0.2) is 11.3 Å². The van der Waals surface area contributed by atoms with E-state index >= 15 is 0 Å².